The van der Waals surface area contributed by atoms with Gasteiger partial charge in [-0.25, -0.2) is 0 Å². The normalized spacial score (nSPS) is 13.3. The molecule has 1 heterocycles. The zero-order chi connectivity index (χ0) is 29.1. The summed E-state index contributed by atoms with van der Waals surface area (Å²) in [5.74, 6) is 0.691. The molecule has 0 amide bonds. The molecule has 1 radical (unpaired) electrons. The summed E-state index contributed by atoms with van der Waals surface area (Å²) in [4.78, 5) is 16.2. The van der Waals surface area contributed by atoms with Crippen molar-refractivity contribution in [3.05, 3.63) is 77.2 Å². The largest absolute Gasteiger partial charge is 0.512 e. The van der Waals surface area contributed by atoms with Gasteiger partial charge in [-0.2, -0.15) is 0 Å². The molecule has 1 N–H and O–H groups in total. The van der Waals surface area contributed by atoms with Gasteiger partial charge in [-0.05, 0) is 45.8 Å². The van der Waals surface area contributed by atoms with Gasteiger partial charge in [0.2, 0.25) is 0 Å². The Morgan fingerprint density at radius 2 is 1.56 bits per heavy atom. The molecule has 1 unspecified atom stereocenters. The van der Waals surface area contributed by atoms with Gasteiger partial charge in [0.25, 0.3) is 0 Å². The van der Waals surface area contributed by atoms with E-state index in [9.17, 15) is 9.90 Å². The molecule has 1 atom stereocenters. The summed E-state index contributed by atoms with van der Waals surface area (Å²) in [7, 11) is 0. The number of allylic oxidation sites excluding steroid dienone is 2. The van der Waals surface area contributed by atoms with Crippen LogP contribution in [0.3, 0.4) is 0 Å². The number of fused-ring (bicyclic) bond motifs is 1. The second-order valence-corrected chi connectivity index (χ2v) is 13.6. The van der Waals surface area contributed by atoms with Crippen molar-refractivity contribution in [3.63, 3.8) is 0 Å². The summed E-state index contributed by atoms with van der Waals surface area (Å²) in [6, 6.07) is 16.9. The Morgan fingerprint density at radius 1 is 0.949 bits per heavy atom. The number of aromatic nitrogens is 1. The zero-order valence-electron chi connectivity index (χ0n) is 26.0. The second-order valence-electron chi connectivity index (χ2n) is 13.6. The van der Waals surface area contributed by atoms with Crippen molar-refractivity contribution in [3.8, 4) is 11.3 Å². The Kier molecular flexibility index (Phi) is 11.9. The first-order chi connectivity index (χ1) is 17.3. The van der Waals surface area contributed by atoms with Crippen molar-refractivity contribution in [2.24, 2.45) is 10.8 Å². The molecule has 1 aromatic heterocycles. The van der Waals surface area contributed by atoms with Crippen LogP contribution in [-0.2, 0) is 30.3 Å². The molecule has 0 spiro atoms. The second kappa shape index (κ2) is 13.4. The van der Waals surface area contributed by atoms with Gasteiger partial charge in [0, 0.05) is 43.2 Å². The van der Waals surface area contributed by atoms with E-state index in [1.165, 1.54) is 28.0 Å². The quantitative estimate of drug-likeness (QED) is 0.167. The molecule has 215 valence electrons. The van der Waals surface area contributed by atoms with E-state index in [2.05, 4.69) is 84.0 Å². The third-order valence-corrected chi connectivity index (χ3v) is 6.85. The number of carbonyl (C=O) groups excluding carboxylic acids is 1. The minimum atomic E-state index is -0.417. The van der Waals surface area contributed by atoms with E-state index < -0.39 is 5.41 Å². The van der Waals surface area contributed by atoms with Gasteiger partial charge in [0.15, 0.2) is 5.78 Å². The van der Waals surface area contributed by atoms with Crippen LogP contribution in [0.15, 0.2) is 54.4 Å². The topological polar surface area (TPSA) is 50.2 Å². The number of benzene rings is 2. The number of ketones is 1. The number of pyridine rings is 1. The van der Waals surface area contributed by atoms with E-state index in [0.29, 0.717) is 5.92 Å². The van der Waals surface area contributed by atoms with Crippen LogP contribution < -0.4 is 0 Å². The van der Waals surface area contributed by atoms with Crippen molar-refractivity contribution in [1.82, 2.24) is 4.98 Å². The number of rotatable bonds is 4. The van der Waals surface area contributed by atoms with Crippen molar-refractivity contribution in [2.75, 3.05) is 0 Å². The molecule has 0 fully saturated rings. The molecule has 0 bridgehead atoms. The third-order valence-electron chi connectivity index (χ3n) is 6.85. The van der Waals surface area contributed by atoms with Gasteiger partial charge < -0.3 is 10.1 Å². The fourth-order valence-electron chi connectivity index (χ4n) is 3.69. The average molecular weight is 707 g/mol. The predicted octanol–water partition coefficient (Wildman–Crippen LogP) is 9.91. The number of nitrogens with zero attached hydrogens (tertiary/aromatic N) is 1. The van der Waals surface area contributed by atoms with Crippen LogP contribution in [0, 0.1) is 23.8 Å². The van der Waals surface area contributed by atoms with E-state index in [1.54, 1.807) is 0 Å². The molecule has 3 rings (SSSR count). The standard InChI is InChI=1S/C24H28N.C11H20O2.Ir/c1-7-17(3)18-8-9-19-14-23(25-15-21(19)12-18)20-10-16(2)11-22(13-20)24(4,5)6;1-10(2,3)8(12)7-9(13)11(4,5)6;/h8-9,11-15,17H,7H2,1-6H3;7,12H,1-6H3;/q-1;;. The maximum Gasteiger partial charge on any atom is 0.164 e. The fraction of sp³-hybridized carbons (Fsp3) is 0.486. The first kappa shape index (κ1) is 34.7. The monoisotopic (exact) mass is 707 g/mol. The van der Waals surface area contributed by atoms with Crippen LogP contribution >= 0.6 is 0 Å². The Bertz CT molecular complexity index is 1300. The van der Waals surface area contributed by atoms with Gasteiger partial charge in [-0.15, -0.1) is 34.9 Å². The number of aryl methyl sites for hydroxylation is 1. The Hall–Kier alpha value is -2.29. The molecule has 39 heavy (non-hydrogen) atoms. The fourth-order valence-corrected chi connectivity index (χ4v) is 3.69. The molecular weight excluding hydrogens is 659 g/mol. The minimum absolute atomic E-state index is 0. The van der Waals surface area contributed by atoms with Gasteiger partial charge in [0.1, 0.15) is 5.76 Å². The summed E-state index contributed by atoms with van der Waals surface area (Å²) in [5, 5.41) is 12.0. The molecule has 2 aromatic carbocycles. The third kappa shape index (κ3) is 10.00. The molecule has 0 aliphatic carbocycles. The van der Waals surface area contributed by atoms with Crippen molar-refractivity contribution in [1.29, 1.82) is 0 Å². The zero-order valence-corrected chi connectivity index (χ0v) is 28.4. The number of aliphatic hydroxyl groups excluding tert-OH is 1. The Labute approximate surface area is 250 Å². The summed E-state index contributed by atoms with van der Waals surface area (Å²) in [6.45, 7) is 24.5. The van der Waals surface area contributed by atoms with Crippen LogP contribution in [0.5, 0.6) is 0 Å². The summed E-state index contributed by atoms with van der Waals surface area (Å²) >= 11 is 0. The molecule has 3 aromatic rings. The van der Waals surface area contributed by atoms with Crippen LogP contribution in [0.25, 0.3) is 22.0 Å². The Morgan fingerprint density at radius 3 is 2.08 bits per heavy atom. The summed E-state index contributed by atoms with van der Waals surface area (Å²) in [5.41, 5.74) is 5.32. The van der Waals surface area contributed by atoms with E-state index in [0.717, 1.165) is 23.2 Å². The van der Waals surface area contributed by atoms with Crippen molar-refractivity contribution in [2.45, 2.75) is 101 Å². The first-order valence-corrected chi connectivity index (χ1v) is 13.7. The van der Waals surface area contributed by atoms with Crippen molar-refractivity contribution < 1.29 is 30.0 Å². The Balaban J connectivity index is 0.000000466. The summed E-state index contributed by atoms with van der Waals surface area (Å²) in [6.07, 6.45) is 4.49. The molecule has 4 heteroatoms. The SMILES string of the molecule is CC(C)(C)C(=O)C=C(O)C(C)(C)C.CCC(C)c1ccc2cc(-c3[c-]c(C)cc(C(C)(C)C)c3)ncc2c1.[Ir]. The van der Waals surface area contributed by atoms with Gasteiger partial charge in [0.05, 0.1) is 0 Å². The average Bonchev–Trinajstić information content (AvgIpc) is 2.81. The van der Waals surface area contributed by atoms with Gasteiger partial charge in [-0.1, -0.05) is 101 Å². The molecule has 0 saturated carbocycles. The number of hydrogen-bond acceptors (Lipinski definition) is 3. The molecule has 3 nitrogen and oxygen atoms in total. The van der Waals surface area contributed by atoms with Crippen LogP contribution in [0.2, 0.25) is 0 Å². The van der Waals surface area contributed by atoms with E-state index in [-0.39, 0.29) is 42.5 Å². The number of hydrogen-bond donors (Lipinski definition) is 1. The van der Waals surface area contributed by atoms with Crippen LogP contribution in [0.4, 0.5) is 0 Å². The molecule has 0 saturated heterocycles. The minimum Gasteiger partial charge on any atom is -0.512 e. The van der Waals surface area contributed by atoms with Crippen molar-refractivity contribution >= 4 is 16.6 Å². The maximum atomic E-state index is 11.5. The molecular formula is C35H48IrNO2-. The van der Waals surface area contributed by atoms with E-state index in [1.807, 2.05) is 47.7 Å². The molecule has 0 aliphatic rings. The number of aliphatic hydroxyl groups is 1. The summed E-state index contributed by atoms with van der Waals surface area (Å²) < 4.78 is 0. The van der Waals surface area contributed by atoms with Gasteiger partial charge in [-0.3, -0.25) is 4.79 Å². The molecule has 0 aliphatic heterocycles. The predicted molar refractivity (Wildman–Crippen MR) is 163 cm³/mol. The van der Waals surface area contributed by atoms with E-state index >= 15 is 0 Å². The van der Waals surface area contributed by atoms with Crippen LogP contribution in [-0.4, -0.2) is 15.9 Å². The van der Waals surface area contributed by atoms with Crippen LogP contribution in [0.1, 0.15) is 105 Å². The van der Waals surface area contributed by atoms with Gasteiger partial charge >= 0.3 is 0 Å². The maximum absolute atomic E-state index is 11.5. The smallest absolute Gasteiger partial charge is 0.164 e. The van der Waals surface area contributed by atoms with E-state index in [4.69, 9.17) is 4.98 Å². The number of carbonyl (C=O) groups is 1. The first-order valence-electron chi connectivity index (χ1n) is 13.7.